The van der Waals surface area contributed by atoms with E-state index < -0.39 is 11.5 Å². The first kappa shape index (κ1) is 22.4. The van der Waals surface area contributed by atoms with Crippen LogP contribution in [0.1, 0.15) is 49.8 Å². The molecular weight excluding hydrogens is 400 g/mol. The molecule has 10 heteroatoms. The van der Waals surface area contributed by atoms with Crippen LogP contribution in [-0.2, 0) is 20.9 Å². The summed E-state index contributed by atoms with van der Waals surface area (Å²) in [7, 11) is 0. The number of carbonyl (C=O) groups excluding carboxylic acids is 2. The van der Waals surface area contributed by atoms with Gasteiger partial charge >= 0.3 is 5.97 Å². The Kier molecular flexibility index (Phi) is 6.98. The maximum absolute atomic E-state index is 13.5. The fourth-order valence-electron chi connectivity index (χ4n) is 4.75. The molecule has 1 aromatic heterocycles. The van der Waals surface area contributed by atoms with E-state index in [4.69, 9.17) is 16.2 Å². The molecule has 1 saturated carbocycles. The molecule has 1 aliphatic carbocycles. The molecule has 166 valence electrons. The highest BCUT2D eigenvalue weighted by Crippen LogP contribution is 2.44. The highest BCUT2D eigenvalue weighted by atomic mass is 16.4. The van der Waals surface area contributed by atoms with Gasteiger partial charge in [-0.2, -0.15) is 0 Å². The van der Waals surface area contributed by atoms with Gasteiger partial charge in [0.25, 0.3) is 0 Å². The molecule has 0 radical (unpaired) electrons. The summed E-state index contributed by atoms with van der Waals surface area (Å²) in [4.78, 5) is 46.5. The molecule has 1 aliphatic heterocycles. The first-order valence-corrected chi connectivity index (χ1v) is 10.5. The van der Waals surface area contributed by atoms with Gasteiger partial charge in [-0.3, -0.25) is 25.0 Å². The molecule has 10 nitrogen and oxygen atoms in total. The molecule has 0 bridgehead atoms. The SMILES string of the molecule is N=C(N)c1ccc(CNC(=O)[C@]2(C3CCCC3)CCCN2C(=O)CN=CC(=O)O)cn1. The summed E-state index contributed by atoms with van der Waals surface area (Å²) in [5.41, 5.74) is 5.62. The number of nitrogens with one attached hydrogen (secondary N) is 2. The molecule has 2 amide bonds. The number of nitrogens with two attached hydrogens (primary N) is 1. The van der Waals surface area contributed by atoms with Crippen molar-refractivity contribution in [3.8, 4) is 0 Å². The Bertz CT molecular complexity index is 878. The Morgan fingerprint density at radius 2 is 2.06 bits per heavy atom. The van der Waals surface area contributed by atoms with E-state index in [1.807, 2.05) is 0 Å². The molecule has 1 saturated heterocycles. The van der Waals surface area contributed by atoms with Crippen molar-refractivity contribution in [2.24, 2.45) is 16.6 Å². The minimum Gasteiger partial charge on any atom is -0.477 e. The van der Waals surface area contributed by atoms with Gasteiger partial charge in [-0.1, -0.05) is 18.9 Å². The summed E-state index contributed by atoms with van der Waals surface area (Å²) in [5.74, 6) is -1.78. The van der Waals surface area contributed by atoms with Gasteiger partial charge in [0.2, 0.25) is 11.8 Å². The number of hydrogen-bond acceptors (Lipinski definition) is 6. The average Bonchev–Trinajstić information content (AvgIpc) is 3.42. The van der Waals surface area contributed by atoms with Crippen LogP contribution in [0.3, 0.4) is 0 Å². The van der Waals surface area contributed by atoms with E-state index in [0.29, 0.717) is 31.3 Å². The first-order chi connectivity index (χ1) is 14.8. The van der Waals surface area contributed by atoms with Gasteiger partial charge in [0.15, 0.2) is 0 Å². The number of hydrogen-bond donors (Lipinski definition) is 4. The van der Waals surface area contributed by atoms with Crippen LogP contribution in [0.5, 0.6) is 0 Å². The molecule has 1 atom stereocenters. The van der Waals surface area contributed by atoms with Crippen LogP contribution in [0, 0.1) is 11.3 Å². The number of carboxylic acid groups (broad SMARTS) is 1. The third kappa shape index (κ3) is 4.89. The lowest BCUT2D eigenvalue weighted by Gasteiger charge is -2.41. The van der Waals surface area contributed by atoms with Crippen molar-refractivity contribution in [1.29, 1.82) is 5.41 Å². The minimum atomic E-state index is -1.21. The molecule has 0 spiro atoms. The van der Waals surface area contributed by atoms with E-state index in [1.54, 1.807) is 23.2 Å². The van der Waals surface area contributed by atoms with E-state index in [9.17, 15) is 14.4 Å². The number of aliphatic imine (C=N–C) groups is 1. The van der Waals surface area contributed by atoms with Crippen molar-refractivity contribution in [3.05, 3.63) is 29.6 Å². The molecule has 2 heterocycles. The monoisotopic (exact) mass is 428 g/mol. The number of rotatable bonds is 8. The van der Waals surface area contributed by atoms with Crippen molar-refractivity contribution in [2.75, 3.05) is 13.1 Å². The number of nitrogen functional groups attached to an aromatic ring is 1. The highest BCUT2D eigenvalue weighted by molar-refractivity contribution is 6.22. The lowest BCUT2D eigenvalue weighted by molar-refractivity contribution is -0.147. The number of likely N-dealkylation sites (tertiary alicyclic amines) is 1. The fourth-order valence-corrected chi connectivity index (χ4v) is 4.75. The quantitative estimate of drug-likeness (QED) is 0.352. The number of aliphatic carboxylic acids is 1. The van der Waals surface area contributed by atoms with Crippen molar-refractivity contribution < 1.29 is 19.5 Å². The molecule has 3 rings (SSSR count). The number of amidine groups is 1. The third-order valence-electron chi connectivity index (χ3n) is 6.13. The predicted molar refractivity (Wildman–Crippen MR) is 114 cm³/mol. The zero-order chi connectivity index (χ0) is 22.4. The van der Waals surface area contributed by atoms with Gasteiger partial charge in [0.05, 0.1) is 0 Å². The van der Waals surface area contributed by atoms with Crippen molar-refractivity contribution in [2.45, 2.75) is 50.6 Å². The van der Waals surface area contributed by atoms with Crippen LogP contribution < -0.4 is 11.1 Å². The van der Waals surface area contributed by atoms with Gasteiger partial charge in [0.1, 0.15) is 29.8 Å². The van der Waals surface area contributed by atoms with Crippen LogP contribution in [0.15, 0.2) is 23.3 Å². The summed E-state index contributed by atoms with van der Waals surface area (Å²) in [5, 5.41) is 19.1. The Balaban J connectivity index is 1.77. The summed E-state index contributed by atoms with van der Waals surface area (Å²) in [6.07, 6.45) is 7.38. The molecule has 0 aromatic carbocycles. The second kappa shape index (κ2) is 9.67. The normalized spacial score (nSPS) is 21.5. The number of pyridine rings is 1. The Hall–Kier alpha value is -3.30. The van der Waals surface area contributed by atoms with Gasteiger partial charge in [0, 0.05) is 19.3 Å². The van der Waals surface area contributed by atoms with E-state index in [0.717, 1.165) is 31.2 Å². The molecule has 31 heavy (non-hydrogen) atoms. The molecule has 1 aromatic rings. The first-order valence-electron chi connectivity index (χ1n) is 10.5. The summed E-state index contributed by atoms with van der Waals surface area (Å²) < 4.78 is 0. The summed E-state index contributed by atoms with van der Waals surface area (Å²) >= 11 is 0. The minimum absolute atomic E-state index is 0.0700. The number of amides is 2. The Morgan fingerprint density at radius 1 is 1.32 bits per heavy atom. The predicted octanol–water partition coefficient (Wildman–Crippen LogP) is 0.689. The van der Waals surface area contributed by atoms with E-state index in [-0.39, 0.29) is 36.7 Å². The second-order valence-electron chi connectivity index (χ2n) is 8.01. The molecular formula is C21H28N6O4. The average molecular weight is 428 g/mol. The van der Waals surface area contributed by atoms with Crippen LogP contribution in [0.25, 0.3) is 0 Å². The van der Waals surface area contributed by atoms with E-state index in [2.05, 4.69) is 15.3 Å². The third-order valence-corrected chi connectivity index (χ3v) is 6.13. The van der Waals surface area contributed by atoms with Gasteiger partial charge in [-0.05, 0) is 43.2 Å². The topological polar surface area (TPSA) is 162 Å². The van der Waals surface area contributed by atoms with E-state index >= 15 is 0 Å². The number of nitrogens with zero attached hydrogens (tertiary/aromatic N) is 3. The Labute approximate surface area is 180 Å². The molecule has 5 N–H and O–H groups in total. The molecule has 2 aliphatic rings. The van der Waals surface area contributed by atoms with E-state index in [1.165, 1.54) is 0 Å². The van der Waals surface area contributed by atoms with Gasteiger partial charge < -0.3 is 21.1 Å². The van der Waals surface area contributed by atoms with Crippen LogP contribution >= 0.6 is 0 Å². The second-order valence-corrected chi connectivity index (χ2v) is 8.01. The van der Waals surface area contributed by atoms with Crippen LogP contribution in [0.2, 0.25) is 0 Å². The lowest BCUT2D eigenvalue weighted by Crippen LogP contribution is -2.61. The number of carbonyl (C=O) groups is 3. The van der Waals surface area contributed by atoms with Crippen LogP contribution in [0.4, 0.5) is 0 Å². The van der Waals surface area contributed by atoms with Gasteiger partial charge in [-0.25, -0.2) is 4.79 Å². The molecule has 2 fully saturated rings. The van der Waals surface area contributed by atoms with Gasteiger partial charge in [-0.15, -0.1) is 0 Å². The number of aromatic nitrogens is 1. The lowest BCUT2D eigenvalue weighted by atomic mass is 9.79. The zero-order valence-corrected chi connectivity index (χ0v) is 17.3. The van der Waals surface area contributed by atoms with Crippen LogP contribution in [-0.4, -0.2) is 63.5 Å². The fraction of sp³-hybridized carbons (Fsp3) is 0.524. The maximum Gasteiger partial charge on any atom is 0.346 e. The maximum atomic E-state index is 13.5. The largest absolute Gasteiger partial charge is 0.477 e. The van der Waals surface area contributed by atoms with Crippen molar-refractivity contribution in [1.82, 2.24) is 15.2 Å². The van der Waals surface area contributed by atoms with Crippen molar-refractivity contribution >= 4 is 29.8 Å². The zero-order valence-electron chi connectivity index (χ0n) is 17.3. The summed E-state index contributed by atoms with van der Waals surface area (Å²) in [6, 6.07) is 3.38. The standard InChI is InChI=1S/C21H28N6O4/c22-19(23)16-7-6-14(10-25-16)11-26-20(31)21(15-4-1-2-5-15)8-3-9-27(21)17(28)12-24-13-18(29)30/h6-7,10,13,15H,1-5,8-9,11-12H2,(H3,22,23)(H,26,31)(H,29,30)/t21-/m1/s1. The van der Waals surface area contributed by atoms with Crippen molar-refractivity contribution in [3.63, 3.8) is 0 Å². The smallest absolute Gasteiger partial charge is 0.346 e. The number of carboxylic acids is 1. The Morgan fingerprint density at radius 3 is 2.68 bits per heavy atom. The highest BCUT2D eigenvalue weighted by Gasteiger charge is 2.54. The molecule has 0 unspecified atom stereocenters. The summed E-state index contributed by atoms with van der Waals surface area (Å²) in [6.45, 7) is 0.419.